The van der Waals surface area contributed by atoms with Crippen molar-refractivity contribution in [2.75, 3.05) is 0 Å². The Morgan fingerprint density at radius 2 is 2.15 bits per heavy atom. The highest BCUT2D eigenvalue weighted by molar-refractivity contribution is 8.00. The van der Waals surface area contributed by atoms with Gasteiger partial charge in [0.2, 0.25) is 0 Å². The second-order valence-corrected chi connectivity index (χ2v) is 4.44. The van der Waals surface area contributed by atoms with Gasteiger partial charge in [-0.15, -0.1) is 11.8 Å². The van der Waals surface area contributed by atoms with Crippen LogP contribution in [0.2, 0.25) is 0 Å². The number of aldehydes is 1. The third-order valence-electron chi connectivity index (χ3n) is 2.15. The first kappa shape index (κ1) is 8.57. The quantitative estimate of drug-likeness (QED) is 0.633. The zero-order valence-corrected chi connectivity index (χ0v) is 8.17. The molecule has 2 heteroatoms. The van der Waals surface area contributed by atoms with Crippen molar-refractivity contribution < 1.29 is 4.79 Å². The zero-order valence-electron chi connectivity index (χ0n) is 7.36. The highest BCUT2D eigenvalue weighted by Crippen LogP contribution is 2.35. The predicted octanol–water partition coefficient (Wildman–Crippen LogP) is 2.76. The summed E-state index contributed by atoms with van der Waals surface area (Å²) in [7, 11) is 0. The van der Waals surface area contributed by atoms with Gasteiger partial charge in [0.25, 0.3) is 0 Å². The number of rotatable bonds is 1. The molecule has 0 unspecified atom stereocenters. The molecule has 1 atom stereocenters. The molecule has 0 amide bonds. The molecule has 0 fully saturated rings. The molecular formula is C11H10OS. The smallest absolute Gasteiger partial charge is 0.147 e. The lowest BCUT2D eigenvalue weighted by Gasteiger charge is -2.18. The lowest BCUT2D eigenvalue weighted by atomic mass is 10.1. The highest BCUT2D eigenvalue weighted by Gasteiger charge is 2.16. The lowest BCUT2D eigenvalue weighted by molar-refractivity contribution is -0.104. The lowest BCUT2D eigenvalue weighted by Crippen LogP contribution is -2.06. The first-order valence-corrected chi connectivity index (χ1v) is 5.11. The van der Waals surface area contributed by atoms with E-state index in [1.54, 1.807) is 11.8 Å². The first-order valence-electron chi connectivity index (χ1n) is 4.23. The maximum absolute atomic E-state index is 10.7. The Morgan fingerprint density at radius 3 is 2.92 bits per heavy atom. The van der Waals surface area contributed by atoms with Gasteiger partial charge in [0.15, 0.2) is 0 Å². The number of thioether (sulfide) groups is 1. The van der Waals surface area contributed by atoms with Crippen LogP contribution >= 0.6 is 11.8 Å². The Labute approximate surface area is 81.8 Å². The number of carbonyl (C=O) groups is 1. The van der Waals surface area contributed by atoms with Crippen LogP contribution in [0.1, 0.15) is 12.5 Å². The van der Waals surface area contributed by atoms with Crippen LogP contribution in [0.25, 0.3) is 6.08 Å². The fourth-order valence-electron chi connectivity index (χ4n) is 1.39. The van der Waals surface area contributed by atoms with Crippen LogP contribution in [0.5, 0.6) is 0 Å². The van der Waals surface area contributed by atoms with Gasteiger partial charge in [-0.2, -0.15) is 0 Å². The Bertz CT molecular complexity index is 368. The van der Waals surface area contributed by atoms with E-state index in [0.29, 0.717) is 0 Å². The molecule has 1 aromatic carbocycles. The van der Waals surface area contributed by atoms with Crippen molar-refractivity contribution in [3.8, 4) is 0 Å². The Morgan fingerprint density at radius 1 is 1.38 bits per heavy atom. The van der Waals surface area contributed by atoms with Gasteiger partial charge in [0.1, 0.15) is 6.29 Å². The molecule has 0 aliphatic carbocycles. The van der Waals surface area contributed by atoms with E-state index in [0.717, 1.165) is 17.4 Å². The van der Waals surface area contributed by atoms with Gasteiger partial charge in [0, 0.05) is 15.7 Å². The minimum atomic E-state index is 0.285. The van der Waals surface area contributed by atoms with Crippen LogP contribution in [0, 0.1) is 0 Å². The summed E-state index contributed by atoms with van der Waals surface area (Å²) in [5, 5.41) is 0.285. The maximum atomic E-state index is 10.7. The van der Waals surface area contributed by atoms with Gasteiger partial charge in [-0.25, -0.2) is 0 Å². The summed E-state index contributed by atoms with van der Waals surface area (Å²) in [5.41, 5.74) is 2.04. The molecule has 0 aromatic heterocycles. The molecule has 13 heavy (non-hydrogen) atoms. The van der Waals surface area contributed by atoms with E-state index in [2.05, 4.69) is 13.0 Å². The third-order valence-corrected chi connectivity index (χ3v) is 3.40. The molecule has 0 saturated heterocycles. The van der Waals surface area contributed by atoms with E-state index in [4.69, 9.17) is 0 Å². The summed E-state index contributed by atoms with van der Waals surface area (Å²) in [4.78, 5) is 12.0. The van der Waals surface area contributed by atoms with Crippen LogP contribution in [0.15, 0.2) is 34.7 Å². The topological polar surface area (TPSA) is 17.1 Å². The minimum absolute atomic E-state index is 0.285. The molecule has 1 heterocycles. The van der Waals surface area contributed by atoms with Crippen molar-refractivity contribution in [3.63, 3.8) is 0 Å². The molecule has 0 bridgehead atoms. The number of carbonyl (C=O) groups excluding carboxylic acids is 1. The summed E-state index contributed by atoms with van der Waals surface area (Å²) >= 11 is 1.74. The van der Waals surface area contributed by atoms with Gasteiger partial charge in [-0.1, -0.05) is 18.2 Å². The molecule has 0 radical (unpaired) electrons. The largest absolute Gasteiger partial charge is 0.298 e. The van der Waals surface area contributed by atoms with Crippen molar-refractivity contribution in [2.24, 2.45) is 0 Å². The Hall–Kier alpha value is -1.02. The summed E-state index contributed by atoms with van der Waals surface area (Å²) < 4.78 is 0. The van der Waals surface area contributed by atoms with Crippen LogP contribution in [-0.2, 0) is 4.79 Å². The van der Waals surface area contributed by atoms with Gasteiger partial charge in [-0.3, -0.25) is 4.79 Å². The second kappa shape index (κ2) is 3.38. The van der Waals surface area contributed by atoms with Gasteiger partial charge in [-0.05, 0) is 24.6 Å². The molecule has 0 spiro atoms. The molecule has 1 aliphatic heterocycles. The van der Waals surface area contributed by atoms with E-state index < -0.39 is 0 Å². The highest BCUT2D eigenvalue weighted by atomic mass is 32.2. The van der Waals surface area contributed by atoms with Crippen molar-refractivity contribution >= 4 is 24.1 Å². The molecule has 0 saturated carbocycles. The second-order valence-electron chi connectivity index (χ2n) is 3.06. The number of fused-ring (bicyclic) bond motifs is 1. The summed E-state index contributed by atoms with van der Waals surface area (Å²) in [5.74, 6) is 0. The number of hydrogen-bond donors (Lipinski definition) is 0. The molecule has 1 aromatic rings. The van der Waals surface area contributed by atoms with E-state index in [1.807, 2.05) is 24.3 Å². The fourth-order valence-corrected chi connectivity index (χ4v) is 2.45. The van der Waals surface area contributed by atoms with E-state index >= 15 is 0 Å². The van der Waals surface area contributed by atoms with Crippen molar-refractivity contribution in [2.45, 2.75) is 17.1 Å². The summed E-state index contributed by atoms with van der Waals surface area (Å²) in [6.45, 7) is 2.06. The molecule has 66 valence electrons. The SMILES string of the molecule is C[C@H]1Sc2ccccc2C=C1C=O. The maximum Gasteiger partial charge on any atom is 0.147 e. The average Bonchev–Trinajstić information content (AvgIpc) is 2.17. The van der Waals surface area contributed by atoms with E-state index in [1.165, 1.54) is 4.90 Å². The zero-order chi connectivity index (χ0) is 9.26. The normalized spacial score (nSPS) is 20.4. The Balaban J connectivity index is 2.49. The van der Waals surface area contributed by atoms with Crippen LogP contribution < -0.4 is 0 Å². The van der Waals surface area contributed by atoms with E-state index in [-0.39, 0.29) is 5.25 Å². The number of hydrogen-bond acceptors (Lipinski definition) is 2. The summed E-state index contributed by atoms with van der Waals surface area (Å²) in [6.07, 6.45) is 2.93. The first-order chi connectivity index (χ1) is 6.31. The van der Waals surface area contributed by atoms with Crippen molar-refractivity contribution in [1.82, 2.24) is 0 Å². The van der Waals surface area contributed by atoms with Crippen LogP contribution in [-0.4, -0.2) is 11.5 Å². The molecular weight excluding hydrogens is 180 g/mol. The molecule has 2 rings (SSSR count). The van der Waals surface area contributed by atoms with E-state index in [9.17, 15) is 4.79 Å². The molecule has 1 nitrogen and oxygen atoms in total. The average molecular weight is 190 g/mol. The van der Waals surface area contributed by atoms with Crippen molar-refractivity contribution in [3.05, 3.63) is 35.4 Å². The fraction of sp³-hybridized carbons (Fsp3) is 0.182. The van der Waals surface area contributed by atoms with Crippen molar-refractivity contribution in [1.29, 1.82) is 0 Å². The monoisotopic (exact) mass is 190 g/mol. The Kier molecular flexibility index (Phi) is 2.23. The van der Waals surface area contributed by atoms with Crippen LogP contribution in [0.3, 0.4) is 0 Å². The molecule has 0 N–H and O–H groups in total. The van der Waals surface area contributed by atoms with Gasteiger partial charge >= 0.3 is 0 Å². The third kappa shape index (κ3) is 1.54. The van der Waals surface area contributed by atoms with Crippen LogP contribution in [0.4, 0.5) is 0 Å². The van der Waals surface area contributed by atoms with Gasteiger partial charge in [0.05, 0.1) is 0 Å². The summed E-state index contributed by atoms with van der Waals surface area (Å²) in [6, 6.07) is 8.15. The standard InChI is InChI=1S/C11H10OS/c1-8-10(7-12)6-9-4-2-3-5-11(9)13-8/h2-8H,1H3/t8-/m1/s1. The minimum Gasteiger partial charge on any atom is -0.298 e. The number of benzene rings is 1. The predicted molar refractivity (Wildman–Crippen MR) is 55.8 cm³/mol. The van der Waals surface area contributed by atoms with Gasteiger partial charge < -0.3 is 0 Å². The molecule has 1 aliphatic rings.